The van der Waals surface area contributed by atoms with E-state index in [4.69, 9.17) is 5.10 Å². The number of benzene rings is 2. The smallest absolute Gasteiger partial charge is 0.274 e. The third-order valence-electron chi connectivity index (χ3n) is 6.64. The van der Waals surface area contributed by atoms with Crippen molar-refractivity contribution >= 4 is 17.1 Å². The predicted octanol–water partition coefficient (Wildman–Crippen LogP) is 4.62. The molecule has 1 atom stereocenters. The van der Waals surface area contributed by atoms with Crippen molar-refractivity contribution in [3.05, 3.63) is 75.7 Å². The average Bonchev–Trinajstić information content (AvgIpc) is 3.40. The fourth-order valence-corrected chi connectivity index (χ4v) is 4.62. The van der Waals surface area contributed by atoms with E-state index in [1.54, 1.807) is 11.8 Å². The molecule has 1 aliphatic heterocycles. The van der Waals surface area contributed by atoms with Gasteiger partial charge in [-0.15, -0.1) is 0 Å². The first-order valence-electron chi connectivity index (χ1n) is 13.9. The van der Waals surface area contributed by atoms with Crippen molar-refractivity contribution in [1.82, 2.24) is 20.0 Å². The molecule has 0 amide bonds. The molecule has 1 aromatic heterocycles. The zero-order valence-corrected chi connectivity index (χ0v) is 23.9. The molecule has 0 radical (unpaired) electrons. The molecule has 38 heavy (non-hydrogen) atoms. The fourth-order valence-electron chi connectivity index (χ4n) is 4.62. The van der Waals surface area contributed by atoms with Gasteiger partial charge in [0.15, 0.2) is 0 Å². The third-order valence-corrected chi connectivity index (χ3v) is 6.64. The van der Waals surface area contributed by atoms with E-state index in [0.717, 1.165) is 61.6 Å². The third kappa shape index (κ3) is 9.46. The molecule has 1 fully saturated rings. The van der Waals surface area contributed by atoms with Gasteiger partial charge in [0.1, 0.15) is 6.29 Å². The summed E-state index contributed by atoms with van der Waals surface area (Å²) in [7, 11) is 3.61. The second kappa shape index (κ2) is 17.6. The maximum absolute atomic E-state index is 13.2. The summed E-state index contributed by atoms with van der Waals surface area (Å²) >= 11 is 0. The quantitative estimate of drug-likeness (QED) is 0.293. The Morgan fingerprint density at radius 1 is 1.11 bits per heavy atom. The molecule has 7 heteroatoms. The number of rotatable bonds is 11. The highest BCUT2D eigenvalue weighted by Crippen LogP contribution is 2.20. The number of hydrogen-bond donors (Lipinski definition) is 1. The first kappa shape index (κ1) is 31.3. The number of likely N-dealkylation sites (tertiary alicyclic amines) is 1. The van der Waals surface area contributed by atoms with Crippen LogP contribution in [-0.2, 0) is 22.5 Å². The Hall–Kier alpha value is -2.87. The Bertz CT molecular complexity index is 1140. The lowest BCUT2D eigenvalue weighted by molar-refractivity contribution is -0.108. The molecule has 1 saturated heterocycles. The van der Waals surface area contributed by atoms with Crippen LogP contribution in [0.5, 0.6) is 0 Å². The number of aryl methyl sites for hydroxylation is 1. The van der Waals surface area contributed by atoms with Crippen LogP contribution in [0.3, 0.4) is 0 Å². The highest BCUT2D eigenvalue weighted by atomic mass is 16.5. The second-order valence-electron chi connectivity index (χ2n) is 9.38. The van der Waals surface area contributed by atoms with Crippen LogP contribution in [0.15, 0.2) is 53.3 Å². The van der Waals surface area contributed by atoms with Crippen LogP contribution in [0.1, 0.15) is 56.4 Å². The van der Waals surface area contributed by atoms with Crippen LogP contribution in [0.2, 0.25) is 0 Å². The Morgan fingerprint density at radius 3 is 2.47 bits per heavy atom. The average molecular weight is 523 g/mol. The number of carbonyl (C=O) groups excluding carboxylic acids is 1. The van der Waals surface area contributed by atoms with E-state index in [9.17, 15) is 9.59 Å². The number of carbonyl (C=O) groups is 1. The second-order valence-corrected chi connectivity index (χ2v) is 9.38. The fraction of sp³-hybridized carbons (Fsp3) is 0.516. The largest absolute Gasteiger partial charge is 0.385 e. The summed E-state index contributed by atoms with van der Waals surface area (Å²) in [4.78, 5) is 25.3. The lowest BCUT2D eigenvalue weighted by Gasteiger charge is -2.25. The topological polar surface area (TPSA) is 76.5 Å². The van der Waals surface area contributed by atoms with Gasteiger partial charge < -0.3 is 14.8 Å². The van der Waals surface area contributed by atoms with E-state index < -0.39 is 0 Å². The van der Waals surface area contributed by atoms with E-state index in [1.807, 2.05) is 45.2 Å². The summed E-state index contributed by atoms with van der Waals surface area (Å²) in [5.41, 5.74) is 3.46. The van der Waals surface area contributed by atoms with Gasteiger partial charge in [0, 0.05) is 51.1 Å². The Morgan fingerprint density at radius 2 is 1.82 bits per heavy atom. The Balaban J connectivity index is 0.000000491. The predicted molar refractivity (Wildman–Crippen MR) is 157 cm³/mol. The van der Waals surface area contributed by atoms with Gasteiger partial charge in [0.25, 0.3) is 5.56 Å². The normalized spacial score (nSPS) is 14.9. The molecule has 0 bridgehead atoms. The summed E-state index contributed by atoms with van der Waals surface area (Å²) in [6.45, 7) is 10.5. The van der Waals surface area contributed by atoms with Gasteiger partial charge in [-0.1, -0.05) is 61.9 Å². The van der Waals surface area contributed by atoms with Crippen LogP contribution < -0.4 is 10.9 Å². The van der Waals surface area contributed by atoms with Gasteiger partial charge in [0.2, 0.25) is 0 Å². The lowest BCUT2D eigenvalue weighted by atomic mass is 10.0. The zero-order valence-electron chi connectivity index (χ0n) is 23.9. The molecule has 2 aromatic carbocycles. The van der Waals surface area contributed by atoms with Crippen molar-refractivity contribution in [2.45, 2.75) is 65.5 Å². The molecule has 7 nitrogen and oxygen atoms in total. The minimum atomic E-state index is 0.0220. The molecule has 0 saturated carbocycles. The SMILES string of the molecule is CC.CNCCN1CCCC1Cn1nc(Cc2ccc(C)cc2)c2ccccc2c1=O.COCCCC=O. The summed E-state index contributed by atoms with van der Waals surface area (Å²) in [5.74, 6) is 0. The summed E-state index contributed by atoms with van der Waals surface area (Å²) in [6.07, 6.45) is 5.41. The Kier molecular flexibility index (Phi) is 14.5. The van der Waals surface area contributed by atoms with Crippen molar-refractivity contribution in [2.75, 3.05) is 40.4 Å². The number of methoxy groups -OCH3 is 1. The number of ether oxygens (including phenoxy) is 1. The van der Waals surface area contributed by atoms with Gasteiger partial charge in [-0.25, -0.2) is 4.68 Å². The first-order chi connectivity index (χ1) is 18.6. The van der Waals surface area contributed by atoms with E-state index in [-0.39, 0.29) is 5.56 Å². The molecule has 0 spiro atoms. The molecule has 2 heterocycles. The zero-order chi connectivity index (χ0) is 27.8. The summed E-state index contributed by atoms with van der Waals surface area (Å²) < 4.78 is 6.40. The summed E-state index contributed by atoms with van der Waals surface area (Å²) in [5, 5.41) is 9.82. The molecular formula is C31H46N4O3. The van der Waals surface area contributed by atoms with Crippen LogP contribution in [-0.4, -0.2) is 67.4 Å². The van der Waals surface area contributed by atoms with Crippen LogP contribution in [0.4, 0.5) is 0 Å². The number of likely N-dealkylation sites (N-methyl/N-ethyl adjacent to an activating group) is 1. The van der Waals surface area contributed by atoms with E-state index >= 15 is 0 Å². The van der Waals surface area contributed by atoms with Crippen molar-refractivity contribution in [3.8, 4) is 0 Å². The van der Waals surface area contributed by atoms with Crippen molar-refractivity contribution < 1.29 is 9.53 Å². The number of nitrogens with zero attached hydrogens (tertiary/aromatic N) is 3. The standard InChI is InChI=1S/C24H30N4O.C5H10O2.C2H6/c1-18-9-11-19(12-10-18)16-23-21-7-3-4-8-22(21)24(29)28(26-23)17-20-6-5-14-27(20)15-13-25-2;1-7-5-3-2-4-6;1-2/h3-4,7-12,20,25H,5-6,13-17H2,1-2H3;4H,2-3,5H2,1H3;1-2H3. The van der Waals surface area contributed by atoms with E-state index in [1.165, 1.54) is 17.5 Å². The number of unbranched alkanes of at least 4 members (excludes halogenated alkanes) is 1. The molecule has 3 aromatic rings. The van der Waals surface area contributed by atoms with Gasteiger partial charge in [-0.05, 0) is 51.4 Å². The van der Waals surface area contributed by atoms with Crippen LogP contribution in [0, 0.1) is 6.92 Å². The minimum absolute atomic E-state index is 0.0220. The number of hydrogen-bond acceptors (Lipinski definition) is 6. The molecular weight excluding hydrogens is 476 g/mol. The van der Waals surface area contributed by atoms with Gasteiger partial charge in [-0.3, -0.25) is 9.69 Å². The highest BCUT2D eigenvalue weighted by Gasteiger charge is 2.25. The van der Waals surface area contributed by atoms with Crippen molar-refractivity contribution in [2.24, 2.45) is 0 Å². The number of aromatic nitrogens is 2. The van der Waals surface area contributed by atoms with Gasteiger partial charge in [-0.2, -0.15) is 5.10 Å². The molecule has 208 valence electrons. The van der Waals surface area contributed by atoms with Gasteiger partial charge >= 0.3 is 0 Å². The molecule has 1 aliphatic rings. The highest BCUT2D eigenvalue weighted by molar-refractivity contribution is 5.83. The maximum atomic E-state index is 13.2. The van der Waals surface area contributed by atoms with Crippen molar-refractivity contribution in [3.63, 3.8) is 0 Å². The maximum Gasteiger partial charge on any atom is 0.274 e. The molecule has 1 unspecified atom stereocenters. The summed E-state index contributed by atoms with van der Waals surface area (Å²) in [6, 6.07) is 16.8. The number of aldehydes is 1. The number of nitrogens with one attached hydrogen (secondary N) is 1. The van der Waals surface area contributed by atoms with Crippen molar-refractivity contribution in [1.29, 1.82) is 0 Å². The monoisotopic (exact) mass is 522 g/mol. The molecule has 4 rings (SSSR count). The lowest BCUT2D eigenvalue weighted by Crippen LogP contribution is -2.40. The Labute approximate surface area is 228 Å². The van der Waals surface area contributed by atoms with E-state index in [0.29, 0.717) is 25.6 Å². The number of fused-ring (bicyclic) bond motifs is 1. The van der Waals surface area contributed by atoms with Gasteiger partial charge in [0.05, 0.1) is 17.6 Å². The van der Waals surface area contributed by atoms with E-state index in [2.05, 4.69) is 46.1 Å². The molecule has 1 N–H and O–H groups in total. The van der Waals surface area contributed by atoms with Crippen LogP contribution >= 0.6 is 0 Å². The minimum Gasteiger partial charge on any atom is -0.385 e. The van der Waals surface area contributed by atoms with Crippen LogP contribution in [0.25, 0.3) is 10.8 Å². The molecule has 0 aliphatic carbocycles. The first-order valence-corrected chi connectivity index (χ1v) is 13.9.